The van der Waals surface area contributed by atoms with Crippen molar-refractivity contribution >= 4 is 34.3 Å². The van der Waals surface area contributed by atoms with Crippen molar-refractivity contribution in [2.45, 2.75) is 6.42 Å². The summed E-state index contributed by atoms with van der Waals surface area (Å²) in [5, 5.41) is 4.92. The predicted octanol–water partition coefficient (Wildman–Crippen LogP) is 4.40. The van der Waals surface area contributed by atoms with Gasteiger partial charge in [-0.05, 0) is 47.8 Å². The van der Waals surface area contributed by atoms with Crippen LogP contribution in [0.1, 0.15) is 4.88 Å². The fraction of sp³-hybridized carbons (Fsp3) is 0.227. The van der Waals surface area contributed by atoms with Crippen LogP contribution in [-0.4, -0.2) is 32.1 Å². The second-order valence-corrected chi connectivity index (χ2v) is 7.81. The third-order valence-corrected chi connectivity index (χ3v) is 5.78. The summed E-state index contributed by atoms with van der Waals surface area (Å²) in [5.74, 6) is -0.174. The number of carbonyl (C=O) groups excluding carboxylic acids is 1. The first kappa shape index (κ1) is 18.5. The van der Waals surface area contributed by atoms with Crippen LogP contribution in [0.3, 0.4) is 0 Å². The van der Waals surface area contributed by atoms with E-state index in [0.29, 0.717) is 12.1 Å². The molecule has 1 aliphatic heterocycles. The van der Waals surface area contributed by atoms with Crippen LogP contribution in [0.4, 0.5) is 21.5 Å². The van der Waals surface area contributed by atoms with Crippen LogP contribution >= 0.6 is 11.3 Å². The Morgan fingerprint density at radius 3 is 2.32 bits per heavy atom. The van der Waals surface area contributed by atoms with E-state index in [1.807, 2.05) is 53.9 Å². The lowest BCUT2D eigenvalue weighted by atomic mass is 10.2. The van der Waals surface area contributed by atoms with E-state index in [0.717, 1.165) is 42.4 Å². The second kappa shape index (κ2) is 8.44. The number of halogens is 1. The molecule has 1 fully saturated rings. The number of hydrogen-bond acceptors (Lipinski definition) is 4. The highest BCUT2D eigenvalue weighted by atomic mass is 32.1. The first-order chi connectivity index (χ1) is 13.7. The molecule has 1 aliphatic rings. The Balaban J connectivity index is 1.32. The highest BCUT2D eigenvalue weighted by Gasteiger charge is 2.19. The Kier molecular flexibility index (Phi) is 5.58. The number of hydrogen-bond donors (Lipinski definition) is 1. The first-order valence-corrected chi connectivity index (χ1v) is 10.2. The largest absolute Gasteiger partial charge is 0.368 e. The number of thiophene rings is 1. The fourth-order valence-electron chi connectivity index (χ4n) is 3.45. The molecule has 1 aromatic heterocycles. The van der Waals surface area contributed by atoms with Crippen molar-refractivity contribution < 1.29 is 9.18 Å². The van der Waals surface area contributed by atoms with Crippen molar-refractivity contribution in [2.24, 2.45) is 0 Å². The zero-order chi connectivity index (χ0) is 19.3. The second-order valence-electron chi connectivity index (χ2n) is 6.78. The van der Waals surface area contributed by atoms with Gasteiger partial charge in [-0.2, -0.15) is 0 Å². The lowest BCUT2D eigenvalue weighted by Crippen LogP contribution is -2.46. The summed E-state index contributed by atoms with van der Waals surface area (Å²) >= 11 is 1.59. The van der Waals surface area contributed by atoms with Gasteiger partial charge in [0, 0.05) is 42.4 Å². The van der Waals surface area contributed by atoms with E-state index in [1.54, 1.807) is 17.4 Å². The maximum atomic E-state index is 14.0. The van der Waals surface area contributed by atoms with Crippen molar-refractivity contribution in [1.29, 1.82) is 0 Å². The summed E-state index contributed by atoms with van der Waals surface area (Å²) in [7, 11) is 0. The minimum Gasteiger partial charge on any atom is -0.368 e. The molecule has 4 nitrogen and oxygen atoms in total. The Bertz CT molecular complexity index is 919. The number of rotatable bonds is 5. The number of anilines is 3. The van der Waals surface area contributed by atoms with Crippen molar-refractivity contribution in [3.05, 3.63) is 76.7 Å². The zero-order valence-corrected chi connectivity index (χ0v) is 16.3. The predicted molar refractivity (Wildman–Crippen MR) is 114 cm³/mol. The summed E-state index contributed by atoms with van der Waals surface area (Å²) in [6, 6.07) is 18.8. The molecule has 0 atom stereocenters. The van der Waals surface area contributed by atoms with Gasteiger partial charge < -0.3 is 15.1 Å². The average Bonchev–Trinajstić information content (AvgIpc) is 3.22. The summed E-state index contributed by atoms with van der Waals surface area (Å²) in [5.41, 5.74) is 2.59. The molecule has 28 heavy (non-hydrogen) atoms. The Hall–Kier alpha value is -2.86. The molecular weight excluding hydrogens is 373 g/mol. The molecule has 1 amide bonds. The maximum Gasteiger partial charge on any atom is 0.229 e. The molecule has 0 saturated carbocycles. The molecule has 1 saturated heterocycles. The van der Waals surface area contributed by atoms with Crippen LogP contribution in [0.25, 0.3) is 0 Å². The molecule has 3 aromatic rings. The number of nitrogens with one attached hydrogen (secondary N) is 1. The van der Waals surface area contributed by atoms with Gasteiger partial charge in [-0.1, -0.05) is 18.2 Å². The normalized spacial score (nSPS) is 14.2. The Morgan fingerprint density at radius 1 is 0.929 bits per heavy atom. The minimum absolute atomic E-state index is 0.00583. The standard InChI is InChI=1S/C22H22FN3OS/c23-20-5-1-2-6-21(20)26-13-11-25(12-14-26)18-9-7-17(8-10-18)24-22(27)16-19-4-3-15-28-19/h1-10,15H,11-14,16H2,(H,24,27). The van der Waals surface area contributed by atoms with Gasteiger partial charge in [0.2, 0.25) is 5.91 Å². The van der Waals surface area contributed by atoms with Crippen LogP contribution < -0.4 is 15.1 Å². The molecule has 144 valence electrons. The van der Waals surface area contributed by atoms with E-state index in [-0.39, 0.29) is 11.7 Å². The molecular formula is C22H22FN3OS. The number of amides is 1. The van der Waals surface area contributed by atoms with Crippen LogP contribution in [0, 0.1) is 5.82 Å². The molecule has 0 bridgehead atoms. The van der Waals surface area contributed by atoms with Crippen LogP contribution in [0.15, 0.2) is 66.0 Å². The van der Waals surface area contributed by atoms with Gasteiger partial charge in [-0.3, -0.25) is 4.79 Å². The van der Waals surface area contributed by atoms with Crippen LogP contribution in [0.5, 0.6) is 0 Å². The molecule has 0 spiro atoms. The molecule has 6 heteroatoms. The van der Waals surface area contributed by atoms with Crippen LogP contribution in [0.2, 0.25) is 0 Å². The van der Waals surface area contributed by atoms with Crippen molar-refractivity contribution in [1.82, 2.24) is 0 Å². The quantitative estimate of drug-likeness (QED) is 0.696. The molecule has 0 aliphatic carbocycles. The molecule has 0 unspecified atom stereocenters. The number of carbonyl (C=O) groups is 1. The highest BCUT2D eigenvalue weighted by molar-refractivity contribution is 7.10. The lowest BCUT2D eigenvalue weighted by Gasteiger charge is -2.37. The van der Waals surface area contributed by atoms with Gasteiger partial charge >= 0.3 is 0 Å². The van der Waals surface area contributed by atoms with Gasteiger partial charge in [0.05, 0.1) is 12.1 Å². The summed E-state index contributed by atoms with van der Waals surface area (Å²) in [6.45, 7) is 3.22. The van der Waals surface area contributed by atoms with Gasteiger partial charge in [0.15, 0.2) is 0 Å². The van der Waals surface area contributed by atoms with Crippen LogP contribution in [-0.2, 0) is 11.2 Å². The lowest BCUT2D eigenvalue weighted by molar-refractivity contribution is -0.115. The van der Waals surface area contributed by atoms with E-state index in [2.05, 4.69) is 15.1 Å². The SMILES string of the molecule is O=C(Cc1cccs1)Nc1ccc(N2CCN(c3ccccc3F)CC2)cc1. The molecule has 2 aromatic carbocycles. The van der Waals surface area contributed by atoms with Gasteiger partial charge in [0.1, 0.15) is 5.82 Å². The van der Waals surface area contributed by atoms with Gasteiger partial charge in [-0.25, -0.2) is 4.39 Å². The minimum atomic E-state index is -0.168. The molecule has 4 rings (SSSR count). The Morgan fingerprint density at radius 2 is 1.64 bits per heavy atom. The van der Waals surface area contributed by atoms with Gasteiger partial charge in [-0.15, -0.1) is 11.3 Å². The van der Waals surface area contributed by atoms with Crippen molar-refractivity contribution in [3.63, 3.8) is 0 Å². The van der Waals surface area contributed by atoms with E-state index in [4.69, 9.17) is 0 Å². The monoisotopic (exact) mass is 395 g/mol. The summed E-state index contributed by atoms with van der Waals surface area (Å²) in [6.07, 6.45) is 0.400. The number of para-hydroxylation sites is 1. The Labute approximate surface area is 168 Å². The summed E-state index contributed by atoms with van der Waals surface area (Å²) < 4.78 is 14.0. The molecule has 0 radical (unpaired) electrons. The zero-order valence-electron chi connectivity index (χ0n) is 15.5. The molecule has 2 heterocycles. The number of nitrogens with zero attached hydrogens (tertiary/aromatic N) is 2. The molecule has 1 N–H and O–H groups in total. The maximum absolute atomic E-state index is 14.0. The van der Waals surface area contributed by atoms with E-state index in [1.165, 1.54) is 6.07 Å². The number of piperazine rings is 1. The smallest absolute Gasteiger partial charge is 0.229 e. The number of benzene rings is 2. The fourth-order valence-corrected chi connectivity index (χ4v) is 4.15. The van der Waals surface area contributed by atoms with E-state index >= 15 is 0 Å². The topological polar surface area (TPSA) is 35.6 Å². The third-order valence-electron chi connectivity index (χ3n) is 4.90. The average molecular weight is 396 g/mol. The van der Waals surface area contributed by atoms with Crippen molar-refractivity contribution in [3.8, 4) is 0 Å². The first-order valence-electron chi connectivity index (χ1n) is 9.36. The highest BCUT2D eigenvalue weighted by Crippen LogP contribution is 2.24. The van der Waals surface area contributed by atoms with E-state index in [9.17, 15) is 9.18 Å². The van der Waals surface area contributed by atoms with Gasteiger partial charge in [0.25, 0.3) is 0 Å². The van der Waals surface area contributed by atoms with Crippen molar-refractivity contribution in [2.75, 3.05) is 41.3 Å². The summed E-state index contributed by atoms with van der Waals surface area (Å²) in [4.78, 5) is 17.5. The van der Waals surface area contributed by atoms with E-state index < -0.39 is 0 Å². The third kappa shape index (κ3) is 4.34.